The number of nitrogens with one attached hydrogen (secondary N) is 1. The fraction of sp³-hybridized carbons (Fsp3) is 0.355. The number of carbonyl (C=O) groups is 1. The summed E-state index contributed by atoms with van der Waals surface area (Å²) in [5.41, 5.74) is 4.84. The van der Waals surface area contributed by atoms with Crippen LogP contribution in [0.3, 0.4) is 0 Å². The minimum absolute atomic E-state index is 0.0461. The van der Waals surface area contributed by atoms with E-state index in [1.807, 2.05) is 19.9 Å². The van der Waals surface area contributed by atoms with Crippen LogP contribution in [0.2, 0.25) is 5.02 Å². The van der Waals surface area contributed by atoms with Crippen LogP contribution in [0, 0.1) is 17.2 Å². The summed E-state index contributed by atoms with van der Waals surface area (Å²) in [5, 5.41) is 12.7. The van der Waals surface area contributed by atoms with E-state index in [-0.39, 0.29) is 65.3 Å². The van der Waals surface area contributed by atoms with Crippen LogP contribution in [0.1, 0.15) is 32.0 Å². The van der Waals surface area contributed by atoms with E-state index < -0.39 is 51.8 Å². The Morgan fingerprint density at radius 1 is 1.27 bits per heavy atom. The Labute approximate surface area is 267 Å². The van der Waals surface area contributed by atoms with Gasteiger partial charge in [-0.25, -0.2) is 18.2 Å². The van der Waals surface area contributed by atoms with Crippen LogP contribution in [0.4, 0.5) is 18.9 Å². The molecular formula is C31H30Cl2F3N7O2. The second-order valence-corrected chi connectivity index (χ2v) is 12.1. The molecule has 9 nitrogen and oxygen atoms in total. The highest BCUT2D eigenvalue weighted by Crippen LogP contribution is 2.44. The lowest BCUT2D eigenvalue weighted by Gasteiger charge is -2.37. The minimum atomic E-state index is -2.32. The Hall–Kier alpha value is -4.05. The number of alkyl halides is 1. The first kappa shape index (κ1) is 32.3. The number of fused-ring (bicyclic) bond motifs is 1. The number of amides is 1. The average molecular weight is 661 g/mol. The van der Waals surface area contributed by atoms with Crippen molar-refractivity contribution in [2.24, 2.45) is 11.7 Å². The number of dihydropyridines is 1. The molecule has 1 unspecified atom stereocenters. The van der Waals surface area contributed by atoms with Gasteiger partial charge in [0.25, 0.3) is 5.56 Å². The number of carbonyl (C=O) groups excluding carboxylic acids is 1. The molecule has 3 aliphatic rings. The molecule has 2 aromatic heterocycles. The third-order valence-electron chi connectivity index (χ3n) is 8.24. The van der Waals surface area contributed by atoms with E-state index >= 15 is 8.78 Å². The molecule has 3 atom stereocenters. The first-order valence-corrected chi connectivity index (χ1v) is 14.9. The molecule has 4 heterocycles. The van der Waals surface area contributed by atoms with Crippen LogP contribution >= 0.6 is 23.2 Å². The Balaban J connectivity index is 1.87. The topological polar surface area (TPSA) is 120 Å². The fourth-order valence-electron chi connectivity index (χ4n) is 5.90. The molecule has 0 saturated carbocycles. The number of anilines is 1. The highest BCUT2D eigenvalue weighted by atomic mass is 35.5. The van der Waals surface area contributed by atoms with Gasteiger partial charge in [-0.3, -0.25) is 14.2 Å². The van der Waals surface area contributed by atoms with Crippen molar-refractivity contribution in [1.29, 1.82) is 5.26 Å². The van der Waals surface area contributed by atoms with Crippen molar-refractivity contribution < 1.29 is 18.0 Å². The molecule has 2 aliphatic heterocycles. The number of aromatic nitrogens is 2. The summed E-state index contributed by atoms with van der Waals surface area (Å²) in [5.74, 6) is -3.07. The summed E-state index contributed by atoms with van der Waals surface area (Å²) in [4.78, 5) is 34.5. The van der Waals surface area contributed by atoms with E-state index in [0.29, 0.717) is 11.3 Å². The summed E-state index contributed by atoms with van der Waals surface area (Å²) in [6, 6.07) is 1.10. The zero-order valence-corrected chi connectivity index (χ0v) is 26.2. The maximum absolute atomic E-state index is 15.5. The summed E-state index contributed by atoms with van der Waals surface area (Å²) in [6.07, 6.45) is 2.39. The molecule has 1 fully saturated rings. The Morgan fingerprint density at radius 2 is 1.93 bits per heavy atom. The lowest BCUT2D eigenvalue weighted by molar-refractivity contribution is -0.126. The molecule has 0 radical (unpaired) electrons. The van der Waals surface area contributed by atoms with E-state index in [0.717, 1.165) is 0 Å². The van der Waals surface area contributed by atoms with Crippen LogP contribution in [0.5, 0.6) is 0 Å². The van der Waals surface area contributed by atoms with E-state index in [9.17, 15) is 19.2 Å². The van der Waals surface area contributed by atoms with Gasteiger partial charge < -0.3 is 20.9 Å². The molecule has 3 N–H and O–H groups in total. The van der Waals surface area contributed by atoms with Gasteiger partial charge in [-0.05, 0) is 42.8 Å². The van der Waals surface area contributed by atoms with Gasteiger partial charge in [0, 0.05) is 31.6 Å². The largest absolute Gasteiger partial charge is 0.382 e. The van der Waals surface area contributed by atoms with Gasteiger partial charge >= 0.3 is 0 Å². The molecule has 236 valence electrons. The Bertz CT molecular complexity index is 1850. The number of allylic oxidation sites excluding steroid dienone is 4. The second-order valence-electron chi connectivity index (χ2n) is 11.3. The molecule has 45 heavy (non-hydrogen) atoms. The molecule has 0 aromatic carbocycles. The number of halogens is 5. The van der Waals surface area contributed by atoms with Crippen molar-refractivity contribution in [2.45, 2.75) is 39.0 Å². The fourth-order valence-corrected chi connectivity index (χ4v) is 6.38. The number of piperazine rings is 1. The minimum Gasteiger partial charge on any atom is -0.382 e. The van der Waals surface area contributed by atoms with Crippen molar-refractivity contribution in [3.8, 4) is 6.07 Å². The number of rotatable bonds is 5. The zero-order valence-electron chi connectivity index (χ0n) is 24.7. The predicted octanol–water partition coefficient (Wildman–Crippen LogP) is 4.91. The summed E-state index contributed by atoms with van der Waals surface area (Å²) >= 11 is 12.5. The number of hydrogen-bond acceptors (Lipinski definition) is 7. The maximum Gasteiger partial charge on any atom is 0.276 e. The maximum atomic E-state index is 15.5. The van der Waals surface area contributed by atoms with Gasteiger partial charge in [0.2, 0.25) is 5.91 Å². The molecule has 5 rings (SSSR count). The van der Waals surface area contributed by atoms with Gasteiger partial charge in [-0.1, -0.05) is 43.6 Å². The van der Waals surface area contributed by atoms with Crippen molar-refractivity contribution in [3.63, 3.8) is 0 Å². The van der Waals surface area contributed by atoms with E-state index in [1.165, 1.54) is 16.7 Å². The molecular weight excluding hydrogens is 630 g/mol. The van der Waals surface area contributed by atoms with Crippen LogP contribution in [0.15, 0.2) is 58.1 Å². The zero-order chi connectivity index (χ0) is 32.9. The lowest BCUT2D eigenvalue weighted by atomic mass is 9.94. The standard InChI is InChI=1S/C31H30Cl2F3N7O2/c1-5-19(44)41-8-10-42(11-9-41)29-16-12-18(32)27(20-22(34)21(33)24(36)25(38)23(20)35)40-30(16)43(31(45)17(29)13-37)28-15(4)6-7-39-26(28)14(2)3/h5-7,12,14,24-26,39H,1,8-11,38H2,2-4H3/t24?,25-,26+/m0/s1. The summed E-state index contributed by atoms with van der Waals surface area (Å²) in [7, 11) is 0. The highest BCUT2D eigenvalue weighted by molar-refractivity contribution is 6.34. The SMILES string of the molecule is C=CC(=O)N1CCN(c2c(C#N)c(=O)n(C3=C(C)C=CN[C@@H]3C(C)C)c3nc(C4=C(F)[C@H](N)C(F)C(Cl)=C4F)c(Cl)cc23)CC1. The van der Waals surface area contributed by atoms with Crippen molar-refractivity contribution in [1.82, 2.24) is 19.8 Å². The molecule has 0 bridgehead atoms. The molecule has 1 aliphatic carbocycles. The first-order valence-electron chi connectivity index (χ1n) is 14.2. The monoisotopic (exact) mass is 659 g/mol. The Morgan fingerprint density at radius 3 is 2.53 bits per heavy atom. The number of hydrogen-bond donors (Lipinski definition) is 2. The van der Waals surface area contributed by atoms with Crippen LogP contribution in [0.25, 0.3) is 22.3 Å². The number of pyridine rings is 2. The molecule has 2 aromatic rings. The molecule has 1 amide bonds. The van der Waals surface area contributed by atoms with Crippen molar-refractivity contribution in [3.05, 3.63) is 79.9 Å². The quantitative estimate of drug-likeness (QED) is 0.438. The number of nitriles is 1. The van der Waals surface area contributed by atoms with E-state index in [2.05, 4.69) is 16.9 Å². The smallest absolute Gasteiger partial charge is 0.276 e. The van der Waals surface area contributed by atoms with Crippen LogP contribution in [-0.2, 0) is 4.79 Å². The normalized spacial score (nSPS) is 22.4. The highest BCUT2D eigenvalue weighted by Gasteiger charge is 2.39. The van der Waals surface area contributed by atoms with Gasteiger partial charge in [-0.15, -0.1) is 0 Å². The molecule has 14 heteroatoms. The average Bonchev–Trinajstić information content (AvgIpc) is 3.02. The number of nitrogens with zero attached hydrogens (tertiary/aromatic N) is 5. The van der Waals surface area contributed by atoms with Gasteiger partial charge in [0.1, 0.15) is 23.1 Å². The van der Waals surface area contributed by atoms with Gasteiger partial charge in [0.15, 0.2) is 12.0 Å². The molecule has 0 spiro atoms. The van der Waals surface area contributed by atoms with Crippen molar-refractivity contribution >= 4 is 57.1 Å². The second kappa shape index (κ2) is 12.4. The lowest BCUT2D eigenvalue weighted by Crippen LogP contribution is -2.49. The van der Waals surface area contributed by atoms with Crippen LogP contribution in [-0.4, -0.2) is 64.8 Å². The Kier molecular flexibility index (Phi) is 8.90. The van der Waals surface area contributed by atoms with Crippen molar-refractivity contribution in [2.75, 3.05) is 31.1 Å². The first-order chi connectivity index (χ1) is 21.3. The van der Waals surface area contributed by atoms with E-state index in [1.54, 1.807) is 29.0 Å². The molecule has 1 saturated heterocycles. The van der Waals surface area contributed by atoms with E-state index in [4.69, 9.17) is 28.9 Å². The predicted molar refractivity (Wildman–Crippen MR) is 169 cm³/mol. The summed E-state index contributed by atoms with van der Waals surface area (Å²) < 4.78 is 46.6. The number of nitrogens with two attached hydrogens (primary N) is 1. The van der Waals surface area contributed by atoms with Gasteiger partial charge in [-0.2, -0.15) is 5.26 Å². The van der Waals surface area contributed by atoms with Crippen LogP contribution < -0.4 is 21.5 Å². The third-order valence-corrected chi connectivity index (χ3v) is 8.90. The third kappa shape index (κ3) is 5.32. The summed E-state index contributed by atoms with van der Waals surface area (Å²) in [6.45, 7) is 10.3. The van der Waals surface area contributed by atoms with Gasteiger partial charge in [0.05, 0.1) is 44.8 Å².